The summed E-state index contributed by atoms with van der Waals surface area (Å²) < 4.78 is 0. The van der Waals surface area contributed by atoms with Crippen LogP contribution in [0.1, 0.15) is 18.3 Å². The van der Waals surface area contributed by atoms with E-state index < -0.39 is 11.9 Å². The van der Waals surface area contributed by atoms with E-state index in [1.807, 2.05) is 26.0 Å². The highest BCUT2D eigenvalue weighted by molar-refractivity contribution is 5.91. The average Bonchev–Trinajstić information content (AvgIpc) is 2.95. The third-order valence-electron chi connectivity index (χ3n) is 3.65. The number of rotatable bonds is 5. The number of carbonyl (C=O) groups excluding carboxylic acids is 1. The summed E-state index contributed by atoms with van der Waals surface area (Å²) in [5, 5.41) is 18.6. The number of aliphatic carboxylic acids is 1. The number of hydrogen-bond donors (Lipinski definition) is 3. The van der Waals surface area contributed by atoms with Crippen molar-refractivity contribution < 1.29 is 14.7 Å². The first-order valence-corrected chi connectivity index (χ1v) is 7.53. The smallest absolute Gasteiger partial charge is 0.321 e. The standard InChI is InChI=1S/C16H21N5O3/c1-9-5-6-12(14-17-11(3)19-20-14)7-13(9)18-16(24)21(4)8-10(2)15(22)23/h5-7,10H,8H2,1-4H3,(H,18,24)(H,22,23)(H,17,19,20). The Bertz CT molecular complexity index is 756. The van der Waals surface area contributed by atoms with Crippen LogP contribution in [0.4, 0.5) is 10.5 Å². The summed E-state index contributed by atoms with van der Waals surface area (Å²) in [6.07, 6.45) is 0. The Kier molecular flexibility index (Phi) is 5.18. The number of anilines is 1. The molecule has 128 valence electrons. The van der Waals surface area contributed by atoms with Crippen molar-refractivity contribution in [2.24, 2.45) is 5.92 Å². The van der Waals surface area contributed by atoms with E-state index >= 15 is 0 Å². The third kappa shape index (κ3) is 4.09. The molecule has 0 spiro atoms. The zero-order valence-corrected chi connectivity index (χ0v) is 14.1. The Hall–Kier alpha value is -2.90. The minimum Gasteiger partial charge on any atom is -0.481 e. The predicted molar refractivity (Wildman–Crippen MR) is 89.7 cm³/mol. The third-order valence-corrected chi connectivity index (χ3v) is 3.65. The Labute approximate surface area is 139 Å². The fourth-order valence-electron chi connectivity index (χ4n) is 2.15. The van der Waals surface area contributed by atoms with E-state index in [-0.39, 0.29) is 12.6 Å². The first-order chi connectivity index (χ1) is 11.3. The van der Waals surface area contributed by atoms with Crippen LogP contribution in [0, 0.1) is 19.8 Å². The van der Waals surface area contributed by atoms with Gasteiger partial charge in [0.25, 0.3) is 0 Å². The zero-order chi connectivity index (χ0) is 17.9. The number of benzene rings is 1. The van der Waals surface area contributed by atoms with Gasteiger partial charge in [0.15, 0.2) is 5.82 Å². The molecule has 8 heteroatoms. The Morgan fingerprint density at radius 1 is 1.38 bits per heavy atom. The number of carbonyl (C=O) groups is 2. The highest BCUT2D eigenvalue weighted by Gasteiger charge is 2.18. The van der Waals surface area contributed by atoms with Gasteiger partial charge in [-0.15, -0.1) is 0 Å². The number of carboxylic acids is 1. The van der Waals surface area contributed by atoms with Crippen LogP contribution < -0.4 is 5.32 Å². The van der Waals surface area contributed by atoms with E-state index in [0.29, 0.717) is 17.3 Å². The Balaban J connectivity index is 2.14. The summed E-state index contributed by atoms with van der Waals surface area (Å²) in [6.45, 7) is 5.37. The SMILES string of the molecule is Cc1nc(-c2ccc(C)c(NC(=O)N(C)CC(C)C(=O)O)c2)n[nH]1. The van der Waals surface area contributed by atoms with Crippen molar-refractivity contribution in [3.8, 4) is 11.4 Å². The van der Waals surface area contributed by atoms with Gasteiger partial charge in [-0.3, -0.25) is 9.89 Å². The van der Waals surface area contributed by atoms with Crippen molar-refractivity contribution in [2.75, 3.05) is 18.9 Å². The van der Waals surface area contributed by atoms with Crippen LogP contribution in [-0.2, 0) is 4.79 Å². The Morgan fingerprint density at radius 3 is 2.67 bits per heavy atom. The summed E-state index contributed by atoms with van der Waals surface area (Å²) in [5.41, 5.74) is 2.30. The number of H-pyrrole nitrogens is 1. The molecule has 2 amide bonds. The molecule has 0 bridgehead atoms. The summed E-state index contributed by atoms with van der Waals surface area (Å²) in [4.78, 5) is 28.8. The highest BCUT2D eigenvalue weighted by Crippen LogP contribution is 2.23. The molecule has 1 atom stereocenters. The van der Waals surface area contributed by atoms with Gasteiger partial charge >= 0.3 is 12.0 Å². The van der Waals surface area contributed by atoms with Gasteiger partial charge in [-0.2, -0.15) is 5.10 Å². The monoisotopic (exact) mass is 331 g/mol. The van der Waals surface area contributed by atoms with Crippen molar-refractivity contribution in [1.82, 2.24) is 20.1 Å². The van der Waals surface area contributed by atoms with Crippen LogP contribution in [0.3, 0.4) is 0 Å². The second-order valence-corrected chi connectivity index (χ2v) is 5.82. The molecule has 0 aliphatic heterocycles. The number of aromatic amines is 1. The fourth-order valence-corrected chi connectivity index (χ4v) is 2.15. The van der Waals surface area contributed by atoms with Gasteiger partial charge in [0.1, 0.15) is 5.82 Å². The number of aryl methyl sites for hydroxylation is 2. The number of aromatic nitrogens is 3. The first-order valence-electron chi connectivity index (χ1n) is 7.53. The molecule has 3 N–H and O–H groups in total. The van der Waals surface area contributed by atoms with Crippen molar-refractivity contribution in [2.45, 2.75) is 20.8 Å². The van der Waals surface area contributed by atoms with E-state index in [4.69, 9.17) is 5.11 Å². The summed E-state index contributed by atoms with van der Waals surface area (Å²) in [5.74, 6) is -0.313. The number of urea groups is 1. The van der Waals surface area contributed by atoms with Gasteiger partial charge in [-0.05, 0) is 25.5 Å². The second-order valence-electron chi connectivity index (χ2n) is 5.82. The van der Waals surface area contributed by atoms with Crippen LogP contribution in [0.5, 0.6) is 0 Å². The lowest BCUT2D eigenvalue weighted by atomic mass is 10.1. The van der Waals surface area contributed by atoms with Crippen molar-refractivity contribution in [3.05, 3.63) is 29.6 Å². The lowest BCUT2D eigenvalue weighted by Crippen LogP contribution is -2.36. The lowest BCUT2D eigenvalue weighted by Gasteiger charge is -2.20. The van der Waals surface area contributed by atoms with E-state index in [9.17, 15) is 9.59 Å². The quantitative estimate of drug-likeness (QED) is 0.778. The summed E-state index contributed by atoms with van der Waals surface area (Å²) in [6, 6.07) is 5.18. The molecule has 0 aliphatic carbocycles. The number of hydrogen-bond acceptors (Lipinski definition) is 4. The molecular formula is C16H21N5O3. The number of amides is 2. The maximum atomic E-state index is 12.3. The number of carboxylic acid groups (broad SMARTS) is 1. The molecule has 2 rings (SSSR count). The Morgan fingerprint density at radius 2 is 2.08 bits per heavy atom. The summed E-state index contributed by atoms with van der Waals surface area (Å²) >= 11 is 0. The van der Waals surface area contributed by atoms with Gasteiger partial charge in [0.05, 0.1) is 5.92 Å². The predicted octanol–water partition coefficient (Wildman–Crippen LogP) is 2.27. The molecule has 2 aromatic rings. The van der Waals surface area contributed by atoms with Crippen LogP contribution in [0.2, 0.25) is 0 Å². The van der Waals surface area contributed by atoms with E-state index in [0.717, 1.165) is 11.1 Å². The molecule has 0 aliphatic rings. The molecule has 8 nitrogen and oxygen atoms in total. The number of nitrogens with one attached hydrogen (secondary N) is 2. The molecule has 24 heavy (non-hydrogen) atoms. The average molecular weight is 331 g/mol. The molecule has 0 fully saturated rings. The maximum Gasteiger partial charge on any atom is 0.321 e. The maximum absolute atomic E-state index is 12.3. The van der Waals surface area contributed by atoms with Crippen LogP contribution in [0.25, 0.3) is 11.4 Å². The highest BCUT2D eigenvalue weighted by atomic mass is 16.4. The molecule has 0 saturated carbocycles. The lowest BCUT2D eigenvalue weighted by molar-refractivity contribution is -0.141. The number of nitrogens with zero attached hydrogens (tertiary/aromatic N) is 3. The van der Waals surface area contributed by atoms with Crippen LogP contribution in [-0.4, -0.2) is 50.8 Å². The van der Waals surface area contributed by atoms with E-state index in [2.05, 4.69) is 20.5 Å². The molecule has 1 unspecified atom stereocenters. The van der Waals surface area contributed by atoms with Crippen molar-refractivity contribution >= 4 is 17.7 Å². The first kappa shape index (κ1) is 17.5. The topological polar surface area (TPSA) is 111 Å². The minimum absolute atomic E-state index is 0.125. The van der Waals surface area contributed by atoms with Crippen LogP contribution >= 0.6 is 0 Å². The van der Waals surface area contributed by atoms with Gasteiger partial charge in [-0.25, -0.2) is 9.78 Å². The molecule has 0 radical (unpaired) electrons. The fraction of sp³-hybridized carbons (Fsp3) is 0.375. The van der Waals surface area contributed by atoms with Gasteiger partial charge in [0, 0.05) is 24.8 Å². The van der Waals surface area contributed by atoms with E-state index in [1.54, 1.807) is 20.0 Å². The van der Waals surface area contributed by atoms with Gasteiger partial charge < -0.3 is 15.3 Å². The van der Waals surface area contributed by atoms with Crippen molar-refractivity contribution in [1.29, 1.82) is 0 Å². The largest absolute Gasteiger partial charge is 0.481 e. The molecule has 1 heterocycles. The van der Waals surface area contributed by atoms with Crippen LogP contribution in [0.15, 0.2) is 18.2 Å². The van der Waals surface area contributed by atoms with Crippen molar-refractivity contribution in [3.63, 3.8) is 0 Å². The second kappa shape index (κ2) is 7.12. The molecular weight excluding hydrogens is 310 g/mol. The molecule has 1 aromatic carbocycles. The minimum atomic E-state index is -0.937. The van der Waals surface area contributed by atoms with Gasteiger partial charge in [-0.1, -0.05) is 19.1 Å². The molecule has 1 aromatic heterocycles. The van der Waals surface area contributed by atoms with E-state index in [1.165, 1.54) is 4.90 Å². The zero-order valence-electron chi connectivity index (χ0n) is 14.1. The normalized spacial score (nSPS) is 11.8. The summed E-state index contributed by atoms with van der Waals surface area (Å²) in [7, 11) is 1.56. The van der Waals surface area contributed by atoms with Gasteiger partial charge in [0.2, 0.25) is 0 Å². The molecule has 0 saturated heterocycles.